The molecule has 0 aromatic carbocycles. The maximum atomic E-state index is 8.53. The van der Waals surface area contributed by atoms with Crippen LogP contribution in [-0.2, 0) is 9.47 Å². The first-order chi connectivity index (χ1) is 6.68. The van der Waals surface area contributed by atoms with Crippen LogP contribution in [0.5, 0.6) is 0 Å². The van der Waals surface area contributed by atoms with Gasteiger partial charge >= 0.3 is 0 Å². The molecule has 0 rings (SSSR count). The van der Waals surface area contributed by atoms with E-state index in [-0.39, 0.29) is 13.2 Å². The Morgan fingerprint density at radius 3 is 2.14 bits per heavy atom. The van der Waals surface area contributed by atoms with Crippen LogP contribution in [0.2, 0.25) is 0 Å². The lowest BCUT2D eigenvalue weighted by molar-refractivity contribution is -0.000146. The second kappa shape index (κ2) is 14.6. The smallest absolute Gasteiger partial charge is 0.211 e. The van der Waals surface area contributed by atoms with Gasteiger partial charge in [-0.2, -0.15) is 0 Å². The summed E-state index contributed by atoms with van der Waals surface area (Å²) in [4.78, 5) is 2.00. The zero-order valence-electron chi connectivity index (χ0n) is 7.85. The van der Waals surface area contributed by atoms with Gasteiger partial charge in [-0.25, -0.2) is 0 Å². The maximum Gasteiger partial charge on any atom is 0.211 e. The van der Waals surface area contributed by atoms with Crippen LogP contribution in [0.15, 0.2) is 0 Å². The molecule has 0 aromatic heterocycles. The molecule has 84 valence electrons. The van der Waals surface area contributed by atoms with Gasteiger partial charge < -0.3 is 25.4 Å². The highest BCUT2D eigenvalue weighted by Crippen LogP contribution is 1.79. The quantitative estimate of drug-likeness (QED) is 0.148. The second-order valence-corrected chi connectivity index (χ2v) is 2.09. The summed E-state index contributed by atoms with van der Waals surface area (Å²) in [5, 5.41) is 16.8. The number of rotatable bonds is 7. The molecular formula is C6H17N4O4+. The Morgan fingerprint density at radius 2 is 1.71 bits per heavy atom. The molecular weight excluding hydrogens is 192 g/mol. The highest BCUT2D eigenvalue weighted by atomic mass is 16.5. The van der Waals surface area contributed by atoms with Crippen molar-refractivity contribution < 1.29 is 19.7 Å². The first-order valence-electron chi connectivity index (χ1n) is 3.92. The highest BCUT2D eigenvalue weighted by Gasteiger charge is 1.94. The van der Waals surface area contributed by atoms with Crippen molar-refractivity contribution in [3.05, 3.63) is 0 Å². The lowest BCUT2D eigenvalue weighted by atomic mass is 10.6. The van der Waals surface area contributed by atoms with Crippen molar-refractivity contribution in [1.82, 2.24) is 4.91 Å². The first-order valence-corrected chi connectivity index (χ1v) is 3.92. The minimum absolute atomic E-state index is 0.0134. The van der Waals surface area contributed by atoms with Crippen molar-refractivity contribution in [2.45, 2.75) is 6.23 Å². The van der Waals surface area contributed by atoms with Crippen molar-refractivity contribution in [3.8, 4) is 0 Å². The second-order valence-electron chi connectivity index (χ2n) is 2.09. The molecule has 0 aliphatic heterocycles. The Bertz CT molecular complexity index is 138. The molecule has 0 fully saturated rings. The molecule has 0 aliphatic rings. The summed E-state index contributed by atoms with van der Waals surface area (Å²) in [6.45, 7) is 1.23. The molecule has 1 atom stereocenters. The van der Waals surface area contributed by atoms with Crippen LogP contribution in [0, 0.1) is 11.1 Å². The van der Waals surface area contributed by atoms with Crippen molar-refractivity contribution in [2.24, 2.45) is 5.73 Å². The van der Waals surface area contributed by atoms with Gasteiger partial charge in [0.05, 0.1) is 33.0 Å². The zero-order valence-corrected chi connectivity index (χ0v) is 7.85. The Kier molecular flexibility index (Phi) is 16.3. The summed E-state index contributed by atoms with van der Waals surface area (Å²) in [7, 11) is 0. The van der Waals surface area contributed by atoms with E-state index in [9.17, 15) is 0 Å². The van der Waals surface area contributed by atoms with Gasteiger partial charge in [-0.15, -0.1) is 0 Å². The van der Waals surface area contributed by atoms with E-state index in [4.69, 9.17) is 36.5 Å². The fourth-order valence-corrected chi connectivity index (χ4v) is 0.489. The fraction of sp³-hybridized carbons (Fsp3) is 1.00. The molecule has 8 heteroatoms. The number of hydrogen-bond donors (Lipinski definition) is 5. The van der Waals surface area contributed by atoms with E-state index in [0.717, 1.165) is 0 Å². The van der Waals surface area contributed by atoms with Crippen LogP contribution < -0.4 is 10.6 Å². The van der Waals surface area contributed by atoms with Crippen molar-refractivity contribution in [2.75, 3.05) is 33.0 Å². The lowest BCUT2D eigenvalue weighted by Crippen LogP contribution is -2.26. The predicted molar refractivity (Wildman–Crippen MR) is 46.5 cm³/mol. The Balaban J connectivity index is 0. The van der Waals surface area contributed by atoms with E-state index in [0.29, 0.717) is 19.8 Å². The third kappa shape index (κ3) is 22.5. The van der Waals surface area contributed by atoms with Crippen molar-refractivity contribution >= 4 is 0 Å². The summed E-state index contributed by atoms with van der Waals surface area (Å²) in [6.07, 6.45) is -0.923. The molecule has 8 nitrogen and oxygen atoms in total. The van der Waals surface area contributed by atoms with E-state index >= 15 is 0 Å². The Labute approximate surface area is 81.6 Å². The van der Waals surface area contributed by atoms with Crippen LogP contribution >= 0.6 is 0 Å². The van der Waals surface area contributed by atoms with Crippen LogP contribution in [0.1, 0.15) is 0 Å². The number of aliphatic hydroxyl groups is 2. The van der Waals surface area contributed by atoms with E-state index < -0.39 is 6.23 Å². The number of ether oxygens (including phenoxy) is 2. The summed E-state index contributed by atoms with van der Waals surface area (Å²) >= 11 is 0. The van der Waals surface area contributed by atoms with Crippen LogP contribution in [0.4, 0.5) is 0 Å². The summed E-state index contributed by atoms with van der Waals surface area (Å²) in [6, 6.07) is 0. The van der Waals surface area contributed by atoms with Gasteiger partial charge in [0.2, 0.25) is 4.91 Å². The van der Waals surface area contributed by atoms with Crippen molar-refractivity contribution in [3.63, 3.8) is 0 Å². The van der Waals surface area contributed by atoms with E-state index in [2.05, 4.69) is 0 Å². The molecule has 14 heavy (non-hydrogen) atoms. The van der Waals surface area contributed by atoms with E-state index in [1.807, 2.05) is 4.91 Å². The van der Waals surface area contributed by atoms with Gasteiger partial charge in [0.1, 0.15) is 17.3 Å². The number of nitrogens with one attached hydrogen (secondary N) is 2. The van der Waals surface area contributed by atoms with Gasteiger partial charge in [0.25, 0.3) is 0 Å². The number of aliphatic hydroxyl groups excluding tert-OH is 2. The molecule has 0 heterocycles. The predicted octanol–water partition coefficient (Wildman–Crippen LogP) is -1.60. The third-order valence-corrected chi connectivity index (χ3v) is 0.896. The van der Waals surface area contributed by atoms with Gasteiger partial charge in [0, 0.05) is 0 Å². The highest BCUT2D eigenvalue weighted by molar-refractivity contribution is 4.38. The number of nitrogens with two attached hydrogens (primary N) is 1. The molecule has 0 bridgehead atoms. The van der Waals surface area contributed by atoms with Gasteiger partial charge in [-0.3, -0.25) is 0 Å². The third-order valence-electron chi connectivity index (χ3n) is 0.896. The molecule has 0 aromatic rings. The minimum atomic E-state index is -0.923. The van der Waals surface area contributed by atoms with Crippen molar-refractivity contribution in [1.29, 1.82) is 11.1 Å². The van der Waals surface area contributed by atoms with Crippen LogP contribution in [-0.4, -0.2) is 49.5 Å². The number of hydrogen-bond acceptors (Lipinski definition) is 7. The topological polar surface area (TPSA) is 147 Å². The number of nitrogens with zero attached hydrogens (tertiary/aromatic N) is 1. The minimum Gasteiger partial charge on any atom is -0.394 e. The molecule has 0 saturated carbocycles. The average molecular weight is 209 g/mol. The molecule has 0 aliphatic carbocycles. The lowest BCUT2D eigenvalue weighted by Gasteiger charge is -2.05. The summed E-state index contributed by atoms with van der Waals surface area (Å²) in [5.41, 5.74) is 16.0. The SMILES string of the molecule is N=[N+]=N.NC(O)COCCOCCO. The Hall–Kier alpha value is -0.890. The average Bonchev–Trinajstić information content (AvgIpc) is 2.12. The molecule has 1 unspecified atom stereocenters. The van der Waals surface area contributed by atoms with Gasteiger partial charge in [0.15, 0.2) is 0 Å². The van der Waals surface area contributed by atoms with Gasteiger partial charge in [-0.05, 0) is 0 Å². The van der Waals surface area contributed by atoms with E-state index in [1.165, 1.54) is 0 Å². The molecule has 0 radical (unpaired) electrons. The van der Waals surface area contributed by atoms with E-state index in [1.54, 1.807) is 0 Å². The zero-order chi connectivity index (χ0) is 11.2. The fourth-order valence-electron chi connectivity index (χ4n) is 0.489. The van der Waals surface area contributed by atoms with Gasteiger partial charge in [-0.1, -0.05) is 0 Å². The standard InChI is InChI=1S/C6H15NO4.H2N3/c7-6(9)5-11-4-3-10-2-1-8;1-3-2/h6,8-9H,1-5,7H2;1-2H/q;+1. The molecule has 0 spiro atoms. The maximum absolute atomic E-state index is 8.53. The monoisotopic (exact) mass is 209 g/mol. The largest absolute Gasteiger partial charge is 0.394 e. The molecule has 0 saturated heterocycles. The molecule has 6 N–H and O–H groups in total. The summed E-state index contributed by atoms with van der Waals surface area (Å²) < 4.78 is 9.73. The van der Waals surface area contributed by atoms with Crippen LogP contribution in [0.25, 0.3) is 0 Å². The summed E-state index contributed by atoms with van der Waals surface area (Å²) in [5.74, 6) is 0. The molecule has 0 amide bonds. The Morgan fingerprint density at radius 1 is 1.21 bits per heavy atom. The normalized spacial score (nSPS) is 11.1. The van der Waals surface area contributed by atoms with Crippen LogP contribution in [0.3, 0.4) is 0 Å². The first kappa shape index (κ1) is 15.6.